The lowest BCUT2D eigenvalue weighted by Gasteiger charge is -2.34. The summed E-state index contributed by atoms with van der Waals surface area (Å²) in [7, 11) is 0. The molecule has 1 aromatic heterocycles. The number of hydrogen-bond acceptors (Lipinski definition) is 3. The van der Waals surface area contributed by atoms with Gasteiger partial charge in [-0.2, -0.15) is 11.8 Å². The lowest BCUT2D eigenvalue weighted by Crippen LogP contribution is -2.47. The second-order valence-electron chi connectivity index (χ2n) is 4.60. The number of halogens is 1. The van der Waals surface area contributed by atoms with E-state index in [1.54, 1.807) is 6.26 Å². The van der Waals surface area contributed by atoms with Crippen LogP contribution in [-0.4, -0.2) is 41.5 Å². The van der Waals surface area contributed by atoms with E-state index in [2.05, 4.69) is 40.8 Å². The van der Waals surface area contributed by atoms with Crippen LogP contribution in [0.15, 0.2) is 27.8 Å². The summed E-state index contributed by atoms with van der Waals surface area (Å²) < 4.78 is 5.33. The Labute approximate surface area is 142 Å². The van der Waals surface area contributed by atoms with Gasteiger partial charge in [0.25, 0.3) is 0 Å². The van der Waals surface area contributed by atoms with Gasteiger partial charge in [0.15, 0.2) is 5.96 Å². The first-order chi connectivity index (χ1) is 9.33. The van der Waals surface area contributed by atoms with Gasteiger partial charge in [-0.3, -0.25) is 0 Å². The highest BCUT2D eigenvalue weighted by molar-refractivity contribution is 14.0. The largest absolute Gasteiger partial charge is 0.467 e. The second-order valence-corrected chi connectivity index (χ2v) is 6.00. The molecule has 0 aliphatic carbocycles. The average Bonchev–Trinajstić information content (AvgIpc) is 2.97. The molecule has 0 radical (unpaired) electrons. The van der Waals surface area contributed by atoms with Crippen molar-refractivity contribution >= 4 is 41.7 Å². The summed E-state index contributed by atoms with van der Waals surface area (Å²) in [5.74, 6) is 3.11. The number of hydrogen-bond donors (Lipinski definition) is 1. The number of guanidine groups is 1. The first kappa shape index (κ1) is 17.7. The Hall–Kier alpha value is -0.370. The van der Waals surface area contributed by atoms with Crippen molar-refractivity contribution in [3.63, 3.8) is 0 Å². The smallest absolute Gasteiger partial charge is 0.194 e. The zero-order valence-electron chi connectivity index (χ0n) is 12.2. The minimum Gasteiger partial charge on any atom is -0.467 e. The monoisotopic (exact) mass is 409 g/mol. The molecule has 20 heavy (non-hydrogen) atoms. The van der Waals surface area contributed by atoms with Crippen molar-refractivity contribution in [2.75, 3.05) is 25.4 Å². The van der Waals surface area contributed by atoms with Crippen LogP contribution in [-0.2, 0) is 6.54 Å². The van der Waals surface area contributed by atoms with Crippen molar-refractivity contribution < 1.29 is 4.42 Å². The Morgan fingerprint density at radius 2 is 2.40 bits per heavy atom. The fourth-order valence-corrected chi connectivity index (χ4v) is 3.32. The zero-order valence-corrected chi connectivity index (χ0v) is 15.3. The van der Waals surface area contributed by atoms with E-state index in [-0.39, 0.29) is 24.0 Å². The average molecular weight is 409 g/mol. The first-order valence-electron chi connectivity index (χ1n) is 7.00. The molecule has 2 heterocycles. The van der Waals surface area contributed by atoms with Crippen LogP contribution in [0.5, 0.6) is 0 Å². The van der Waals surface area contributed by atoms with Gasteiger partial charge in [-0.15, -0.1) is 24.0 Å². The lowest BCUT2D eigenvalue weighted by molar-refractivity contribution is 0.406. The van der Waals surface area contributed by atoms with E-state index in [9.17, 15) is 0 Å². The molecule has 1 N–H and O–H groups in total. The Kier molecular flexibility index (Phi) is 8.44. The summed E-state index contributed by atoms with van der Waals surface area (Å²) in [5, 5.41) is 4.11. The molecule has 2 rings (SSSR count). The van der Waals surface area contributed by atoms with E-state index < -0.39 is 0 Å². The van der Waals surface area contributed by atoms with Crippen molar-refractivity contribution in [1.29, 1.82) is 0 Å². The third kappa shape index (κ3) is 5.20. The van der Waals surface area contributed by atoms with Gasteiger partial charge in [0.05, 0.1) is 6.26 Å². The maximum atomic E-state index is 5.33. The van der Waals surface area contributed by atoms with Crippen LogP contribution >= 0.6 is 35.7 Å². The second kappa shape index (κ2) is 9.55. The van der Waals surface area contributed by atoms with Crippen LogP contribution in [0.2, 0.25) is 0 Å². The van der Waals surface area contributed by atoms with Gasteiger partial charge in [-0.05, 0) is 25.5 Å². The number of thioether (sulfide) groups is 1. The van der Waals surface area contributed by atoms with E-state index in [1.165, 1.54) is 12.2 Å². The van der Waals surface area contributed by atoms with Crippen LogP contribution in [0.1, 0.15) is 26.0 Å². The van der Waals surface area contributed by atoms with E-state index >= 15 is 0 Å². The molecule has 114 valence electrons. The molecule has 4 nitrogen and oxygen atoms in total. The maximum absolute atomic E-state index is 5.33. The molecule has 1 aliphatic heterocycles. The molecule has 0 amide bonds. The standard InChI is InChI=1S/C14H23N3OS.HI/c1-3-13-11-17(7-9-19-13)14(15-4-2)16-10-12-6-5-8-18-12;/h5-6,8,13H,3-4,7,9-11H2,1-2H3,(H,15,16);1H. The summed E-state index contributed by atoms with van der Waals surface area (Å²) >= 11 is 2.08. The van der Waals surface area contributed by atoms with Gasteiger partial charge in [-0.25, -0.2) is 4.99 Å². The summed E-state index contributed by atoms with van der Waals surface area (Å²) in [4.78, 5) is 7.05. The van der Waals surface area contributed by atoms with E-state index in [0.29, 0.717) is 6.54 Å². The van der Waals surface area contributed by atoms with Gasteiger partial charge in [0.2, 0.25) is 0 Å². The molecule has 1 unspecified atom stereocenters. The van der Waals surface area contributed by atoms with Crippen LogP contribution in [0.25, 0.3) is 0 Å². The Morgan fingerprint density at radius 1 is 1.55 bits per heavy atom. The number of nitrogens with one attached hydrogen (secondary N) is 1. The molecule has 0 saturated carbocycles. The van der Waals surface area contributed by atoms with Crippen LogP contribution in [0, 0.1) is 0 Å². The summed E-state index contributed by atoms with van der Waals surface area (Å²) in [6, 6.07) is 3.87. The molecule has 0 spiro atoms. The van der Waals surface area contributed by atoms with Crippen LogP contribution in [0.4, 0.5) is 0 Å². The zero-order chi connectivity index (χ0) is 13.5. The highest BCUT2D eigenvalue weighted by Gasteiger charge is 2.21. The molecule has 0 bridgehead atoms. The molecule has 1 fully saturated rings. The first-order valence-corrected chi connectivity index (χ1v) is 8.05. The fourth-order valence-electron chi connectivity index (χ4n) is 2.14. The van der Waals surface area contributed by atoms with E-state index in [0.717, 1.165) is 36.6 Å². The Balaban J connectivity index is 0.00000200. The normalized spacial score (nSPS) is 19.6. The van der Waals surface area contributed by atoms with Gasteiger partial charge in [0, 0.05) is 30.6 Å². The molecule has 1 aromatic rings. The number of nitrogens with zero attached hydrogens (tertiary/aromatic N) is 2. The minimum atomic E-state index is 0. The van der Waals surface area contributed by atoms with Gasteiger partial charge in [-0.1, -0.05) is 6.92 Å². The molecule has 6 heteroatoms. The highest BCUT2D eigenvalue weighted by Crippen LogP contribution is 2.21. The quantitative estimate of drug-likeness (QED) is 0.471. The number of rotatable bonds is 4. The summed E-state index contributed by atoms with van der Waals surface area (Å²) in [6.45, 7) is 8.04. The van der Waals surface area contributed by atoms with E-state index in [1.807, 2.05) is 12.1 Å². The van der Waals surface area contributed by atoms with Gasteiger partial charge >= 0.3 is 0 Å². The lowest BCUT2D eigenvalue weighted by atomic mass is 10.3. The molecule has 0 aromatic carbocycles. The SMILES string of the molecule is CCNC(=NCc1ccco1)N1CCSC(CC)C1.I. The number of aliphatic imine (C=N–C) groups is 1. The highest BCUT2D eigenvalue weighted by atomic mass is 127. The Morgan fingerprint density at radius 3 is 3.05 bits per heavy atom. The van der Waals surface area contributed by atoms with Gasteiger partial charge < -0.3 is 14.6 Å². The molecular formula is C14H24IN3OS. The minimum absolute atomic E-state index is 0. The molecule has 1 atom stereocenters. The van der Waals surface area contributed by atoms with Crippen molar-refractivity contribution in [3.8, 4) is 0 Å². The summed E-state index contributed by atoms with van der Waals surface area (Å²) in [5.41, 5.74) is 0. The van der Waals surface area contributed by atoms with Crippen LogP contribution in [0.3, 0.4) is 0 Å². The van der Waals surface area contributed by atoms with Crippen molar-refractivity contribution in [2.24, 2.45) is 4.99 Å². The van der Waals surface area contributed by atoms with Crippen molar-refractivity contribution in [1.82, 2.24) is 10.2 Å². The predicted octanol–water partition coefficient (Wildman–Crippen LogP) is 3.19. The number of furan rings is 1. The van der Waals surface area contributed by atoms with Crippen molar-refractivity contribution in [3.05, 3.63) is 24.2 Å². The topological polar surface area (TPSA) is 40.8 Å². The third-order valence-electron chi connectivity index (χ3n) is 3.19. The predicted molar refractivity (Wildman–Crippen MR) is 97.0 cm³/mol. The van der Waals surface area contributed by atoms with Crippen LogP contribution < -0.4 is 5.32 Å². The molecular weight excluding hydrogens is 385 g/mol. The fraction of sp³-hybridized carbons (Fsp3) is 0.643. The van der Waals surface area contributed by atoms with Gasteiger partial charge in [0.1, 0.15) is 12.3 Å². The Bertz CT molecular complexity index is 397. The third-order valence-corrected chi connectivity index (χ3v) is 4.57. The molecule has 1 saturated heterocycles. The maximum Gasteiger partial charge on any atom is 0.194 e. The summed E-state index contributed by atoms with van der Waals surface area (Å²) in [6.07, 6.45) is 2.92. The van der Waals surface area contributed by atoms with Crippen molar-refractivity contribution in [2.45, 2.75) is 32.1 Å². The van der Waals surface area contributed by atoms with E-state index in [4.69, 9.17) is 4.42 Å². The molecule has 1 aliphatic rings.